The van der Waals surface area contributed by atoms with Gasteiger partial charge in [-0.15, -0.1) is 0 Å². The van der Waals surface area contributed by atoms with Gasteiger partial charge < -0.3 is 33.8 Å². The van der Waals surface area contributed by atoms with Crippen LogP contribution in [-0.4, -0.2) is 96.7 Å². The number of ether oxygens (including phenoxy) is 4. The molecular formula is C79H154O17P2. The van der Waals surface area contributed by atoms with Crippen LogP contribution in [0.25, 0.3) is 0 Å². The Bertz CT molecular complexity index is 1920. The number of carbonyl (C=O) groups excluding carboxylic acids is 4. The van der Waals surface area contributed by atoms with Crippen LogP contribution in [0.15, 0.2) is 0 Å². The van der Waals surface area contributed by atoms with Gasteiger partial charge in [-0.1, -0.05) is 351 Å². The van der Waals surface area contributed by atoms with Crippen molar-refractivity contribution in [3.05, 3.63) is 0 Å². The van der Waals surface area contributed by atoms with Crippen LogP contribution in [0.1, 0.15) is 402 Å². The molecule has 0 saturated carbocycles. The summed E-state index contributed by atoms with van der Waals surface area (Å²) in [5.74, 6) is 0.985. The van der Waals surface area contributed by atoms with E-state index in [1.807, 2.05) is 0 Å². The number of hydrogen-bond acceptors (Lipinski definition) is 15. The SMILES string of the molecule is CCC(C)CCCCCCCCCCCCCCCCC(=O)OC[C@H](COP(=O)(O)OCC(O)COP(=O)(O)OC[C@@H](COC(=O)CCCCCCCCCCC(C)C)OC(=O)CCCCCCCCC(C)CC)OC(=O)CCCCCCCCCCCCCCCCCCC(C)C. The van der Waals surface area contributed by atoms with Crippen LogP contribution in [0.2, 0.25) is 0 Å². The summed E-state index contributed by atoms with van der Waals surface area (Å²) in [6.45, 7) is 14.2. The van der Waals surface area contributed by atoms with E-state index in [1.165, 1.54) is 205 Å². The number of rotatable bonds is 76. The normalized spacial score (nSPS) is 14.6. The van der Waals surface area contributed by atoms with E-state index in [9.17, 15) is 43.2 Å². The maximum absolute atomic E-state index is 13.1. The summed E-state index contributed by atoms with van der Waals surface area (Å²) in [6.07, 6.45) is 54.2. The molecule has 0 rings (SSSR count). The van der Waals surface area contributed by atoms with Crippen LogP contribution in [0.4, 0.5) is 0 Å². The quantitative estimate of drug-likeness (QED) is 0.0222. The summed E-state index contributed by atoms with van der Waals surface area (Å²) in [6, 6.07) is 0. The van der Waals surface area contributed by atoms with Gasteiger partial charge in [0.15, 0.2) is 12.2 Å². The molecule has 98 heavy (non-hydrogen) atoms. The number of unbranched alkanes of at least 4 members (excludes halogenated alkanes) is 40. The Morgan fingerprint density at radius 2 is 0.490 bits per heavy atom. The molecule has 0 bridgehead atoms. The van der Waals surface area contributed by atoms with Gasteiger partial charge in [-0.05, 0) is 49.4 Å². The molecule has 19 heteroatoms. The number of phosphoric acid groups is 2. The van der Waals surface area contributed by atoms with Crippen molar-refractivity contribution in [1.29, 1.82) is 0 Å². The minimum absolute atomic E-state index is 0.102. The number of esters is 4. The van der Waals surface area contributed by atoms with E-state index >= 15 is 0 Å². The largest absolute Gasteiger partial charge is 0.472 e. The van der Waals surface area contributed by atoms with Crippen molar-refractivity contribution in [3.63, 3.8) is 0 Å². The van der Waals surface area contributed by atoms with E-state index in [1.54, 1.807) is 0 Å². The molecule has 0 aliphatic carbocycles. The van der Waals surface area contributed by atoms with Crippen molar-refractivity contribution in [1.82, 2.24) is 0 Å². The zero-order valence-electron chi connectivity index (χ0n) is 64.4. The molecule has 0 heterocycles. The van der Waals surface area contributed by atoms with Crippen molar-refractivity contribution in [3.8, 4) is 0 Å². The Morgan fingerprint density at radius 3 is 0.724 bits per heavy atom. The topological polar surface area (TPSA) is 237 Å². The fraction of sp³-hybridized carbons (Fsp3) is 0.949. The van der Waals surface area contributed by atoms with Crippen molar-refractivity contribution in [2.75, 3.05) is 39.6 Å². The number of hydrogen-bond donors (Lipinski definition) is 3. The number of phosphoric ester groups is 2. The van der Waals surface area contributed by atoms with Gasteiger partial charge in [-0.25, -0.2) is 9.13 Å². The molecule has 7 atom stereocenters. The van der Waals surface area contributed by atoms with Crippen LogP contribution in [0.5, 0.6) is 0 Å². The average Bonchev–Trinajstić information content (AvgIpc) is 0.928. The van der Waals surface area contributed by atoms with E-state index in [-0.39, 0.29) is 25.7 Å². The molecule has 0 amide bonds. The smallest absolute Gasteiger partial charge is 0.462 e. The predicted molar refractivity (Wildman–Crippen MR) is 400 cm³/mol. The van der Waals surface area contributed by atoms with Gasteiger partial charge in [0.05, 0.1) is 26.4 Å². The van der Waals surface area contributed by atoms with Crippen LogP contribution >= 0.6 is 15.6 Å². The molecule has 5 unspecified atom stereocenters. The summed E-state index contributed by atoms with van der Waals surface area (Å²) in [4.78, 5) is 72.9. The van der Waals surface area contributed by atoms with Gasteiger partial charge in [0.25, 0.3) is 0 Å². The Hall–Kier alpha value is -1.94. The number of aliphatic hydroxyl groups is 1. The Balaban J connectivity index is 5.23. The van der Waals surface area contributed by atoms with Crippen LogP contribution in [0, 0.1) is 23.7 Å². The van der Waals surface area contributed by atoms with Crippen LogP contribution < -0.4 is 0 Å². The molecule has 0 fully saturated rings. The number of aliphatic hydroxyl groups excluding tert-OH is 1. The molecule has 3 N–H and O–H groups in total. The fourth-order valence-corrected chi connectivity index (χ4v) is 13.6. The van der Waals surface area contributed by atoms with Gasteiger partial charge in [0.2, 0.25) is 0 Å². The Labute approximate surface area is 600 Å². The fourth-order valence-electron chi connectivity index (χ4n) is 12.0. The lowest BCUT2D eigenvalue weighted by Gasteiger charge is -2.21. The zero-order chi connectivity index (χ0) is 72.4. The summed E-state index contributed by atoms with van der Waals surface area (Å²) >= 11 is 0. The van der Waals surface area contributed by atoms with Crippen LogP contribution in [-0.2, 0) is 65.4 Å². The highest BCUT2D eigenvalue weighted by molar-refractivity contribution is 7.47. The highest BCUT2D eigenvalue weighted by Crippen LogP contribution is 2.45. The van der Waals surface area contributed by atoms with Gasteiger partial charge in [0.1, 0.15) is 19.3 Å². The second kappa shape index (κ2) is 68.2. The molecule has 17 nitrogen and oxygen atoms in total. The lowest BCUT2D eigenvalue weighted by atomic mass is 9.99. The Kier molecular flexibility index (Phi) is 66.8. The van der Waals surface area contributed by atoms with E-state index in [2.05, 4.69) is 55.4 Å². The minimum Gasteiger partial charge on any atom is -0.462 e. The maximum Gasteiger partial charge on any atom is 0.472 e. The van der Waals surface area contributed by atoms with E-state index in [4.69, 9.17) is 37.0 Å². The van der Waals surface area contributed by atoms with E-state index in [0.29, 0.717) is 25.7 Å². The Morgan fingerprint density at radius 1 is 0.286 bits per heavy atom. The molecule has 0 aromatic heterocycles. The first-order valence-corrected chi connectivity index (χ1v) is 43.8. The maximum atomic E-state index is 13.1. The molecule has 0 aliphatic heterocycles. The standard InChI is InChI=1S/C79H154O17P2/c1-9-71(7)57-49-41-33-26-22-18-15-16-19-23-27-34-43-51-59-76(81)89-65-74(95-78(83)61-53-45-36-28-24-20-14-12-11-13-17-21-25-31-39-47-55-69(3)4)67-93-97(85,86)91-63-73(80)64-92-98(87,88)94-68-75(96-79(84)62-54-46-38-37-42-50-58-72(8)10-2)66-90-77(82)60-52-44-35-30-29-32-40-48-56-70(5)6/h69-75,80H,9-68H2,1-8H3,(H,85,86)(H,87,88)/t71?,72?,73?,74-,75-/m1/s1. The molecule has 0 aromatic carbocycles. The minimum atomic E-state index is -4.96. The van der Waals surface area contributed by atoms with Crippen molar-refractivity contribution in [2.24, 2.45) is 23.7 Å². The molecule has 0 spiro atoms. The van der Waals surface area contributed by atoms with E-state index in [0.717, 1.165) is 114 Å². The molecule has 0 aromatic rings. The second-order valence-electron chi connectivity index (χ2n) is 29.9. The summed E-state index contributed by atoms with van der Waals surface area (Å²) in [5, 5.41) is 10.6. The molecular weight excluding hydrogens is 1280 g/mol. The summed E-state index contributed by atoms with van der Waals surface area (Å²) in [7, 11) is -9.92. The van der Waals surface area contributed by atoms with Crippen molar-refractivity contribution in [2.45, 2.75) is 420 Å². The number of carbonyl (C=O) groups is 4. The first kappa shape index (κ1) is 96.1. The lowest BCUT2D eigenvalue weighted by Crippen LogP contribution is -2.30. The zero-order valence-corrected chi connectivity index (χ0v) is 66.2. The second-order valence-corrected chi connectivity index (χ2v) is 32.8. The predicted octanol–water partition coefficient (Wildman–Crippen LogP) is 23.2. The highest BCUT2D eigenvalue weighted by atomic mass is 31.2. The highest BCUT2D eigenvalue weighted by Gasteiger charge is 2.30. The van der Waals surface area contributed by atoms with E-state index < -0.39 is 97.5 Å². The van der Waals surface area contributed by atoms with Crippen molar-refractivity contribution < 1.29 is 80.2 Å². The molecule has 0 radical (unpaired) electrons. The van der Waals surface area contributed by atoms with Gasteiger partial charge in [-0.3, -0.25) is 37.3 Å². The molecule has 0 saturated heterocycles. The van der Waals surface area contributed by atoms with Crippen molar-refractivity contribution >= 4 is 39.5 Å². The van der Waals surface area contributed by atoms with Gasteiger partial charge >= 0.3 is 39.5 Å². The molecule has 0 aliphatic rings. The van der Waals surface area contributed by atoms with Crippen LogP contribution in [0.3, 0.4) is 0 Å². The first-order chi connectivity index (χ1) is 47.2. The summed E-state index contributed by atoms with van der Waals surface area (Å²) < 4.78 is 68.6. The average molecular weight is 1440 g/mol. The monoisotopic (exact) mass is 1440 g/mol. The third-order valence-electron chi connectivity index (χ3n) is 19.0. The third-order valence-corrected chi connectivity index (χ3v) is 20.9. The summed E-state index contributed by atoms with van der Waals surface area (Å²) in [5.41, 5.74) is 0. The van der Waals surface area contributed by atoms with Gasteiger partial charge in [-0.2, -0.15) is 0 Å². The third kappa shape index (κ3) is 69.8. The lowest BCUT2D eigenvalue weighted by molar-refractivity contribution is -0.161. The molecule has 582 valence electrons. The first-order valence-electron chi connectivity index (χ1n) is 40.8. The van der Waals surface area contributed by atoms with Gasteiger partial charge in [0, 0.05) is 25.7 Å².